The van der Waals surface area contributed by atoms with E-state index < -0.39 is 11.6 Å². The van der Waals surface area contributed by atoms with Crippen LogP contribution in [0.15, 0.2) is 36.5 Å². The molecule has 0 fully saturated rings. The Morgan fingerprint density at radius 2 is 1.94 bits per heavy atom. The lowest BCUT2D eigenvalue weighted by Gasteiger charge is -2.04. The van der Waals surface area contributed by atoms with Crippen molar-refractivity contribution in [1.82, 2.24) is 4.98 Å². The normalized spacial score (nSPS) is 10.2. The summed E-state index contributed by atoms with van der Waals surface area (Å²) in [5, 5.41) is 0. The summed E-state index contributed by atoms with van der Waals surface area (Å²) in [6, 6.07) is 6.63. The number of hydrogen-bond donors (Lipinski definition) is 0. The summed E-state index contributed by atoms with van der Waals surface area (Å²) in [6.07, 6.45) is 1.51. The van der Waals surface area contributed by atoms with Crippen LogP contribution >= 0.6 is 0 Å². The molecule has 4 heteroatoms. The van der Waals surface area contributed by atoms with E-state index in [1.54, 1.807) is 12.1 Å². The first-order valence-corrected chi connectivity index (χ1v) is 4.66. The minimum absolute atomic E-state index is 0.250. The highest BCUT2D eigenvalue weighted by Gasteiger charge is 2.08. The molecule has 0 saturated carbocycles. The molecule has 1 heterocycles. The van der Waals surface area contributed by atoms with Gasteiger partial charge in [0, 0.05) is 23.9 Å². The van der Waals surface area contributed by atoms with Crippen molar-refractivity contribution in [2.24, 2.45) is 0 Å². The van der Waals surface area contributed by atoms with E-state index in [4.69, 9.17) is 4.74 Å². The van der Waals surface area contributed by atoms with Crippen LogP contribution in [-0.4, -0.2) is 12.1 Å². The van der Waals surface area contributed by atoms with Crippen LogP contribution in [0.2, 0.25) is 0 Å². The average Bonchev–Trinajstić information content (AvgIpc) is 2.29. The summed E-state index contributed by atoms with van der Waals surface area (Å²) in [5.41, 5.74) is 0.664. The second-order valence-electron chi connectivity index (χ2n) is 3.21. The van der Waals surface area contributed by atoms with Crippen LogP contribution in [0.5, 0.6) is 5.75 Å². The van der Waals surface area contributed by atoms with Crippen LogP contribution in [0.3, 0.4) is 0 Å². The van der Waals surface area contributed by atoms with Crippen LogP contribution in [0.4, 0.5) is 8.78 Å². The first-order valence-electron chi connectivity index (χ1n) is 4.66. The Morgan fingerprint density at radius 3 is 2.62 bits per heavy atom. The first-order chi connectivity index (χ1) is 7.70. The van der Waals surface area contributed by atoms with Gasteiger partial charge < -0.3 is 4.74 Å². The van der Waals surface area contributed by atoms with Gasteiger partial charge in [0.2, 0.25) is 0 Å². The number of methoxy groups -OCH3 is 1. The van der Waals surface area contributed by atoms with Crippen molar-refractivity contribution in [2.75, 3.05) is 7.11 Å². The molecular formula is C12H9F2NO. The van der Waals surface area contributed by atoms with E-state index in [1.807, 2.05) is 0 Å². The standard InChI is InChI=1S/C12H9F2NO/c1-16-9-4-5-15-12(7-9)10-3-2-8(13)6-11(10)14/h2-7H,1H3. The van der Waals surface area contributed by atoms with E-state index in [2.05, 4.69) is 4.98 Å². The lowest BCUT2D eigenvalue weighted by Crippen LogP contribution is -1.90. The van der Waals surface area contributed by atoms with Crippen molar-refractivity contribution < 1.29 is 13.5 Å². The Kier molecular flexibility index (Phi) is 2.81. The number of benzene rings is 1. The molecule has 16 heavy (non-hydrogen) atoms. The maximum atomic E-state index is 13.5. The van der Waals surface area contributed by atoms with Crippen LogP contribution in [-0.2, 0) is 0 Å². The molecule has 0 aliphatic carbocycles. The van der Waals surface area contributed by atoms with E-state index in [0.717, 1.165) is 6.07 Å². The molecular weight excluding hydrogens is 212 g/mol. The van der Waals surface area contributed by atoms with Gasteiger partial charge >= 0.3 is 0 Å². The number of rotatable bonds is 2. The third-order valence-corrected chi connectivity index (χ3v) is 2.17. The molecule has 0 N–H and O–H groups in total. The van der Waals surface area contributed by atoms with Gasteiger partial charge in [0.1, 0.15) is 17.4 Å². The molecule has 0 saturated heterocycles. The summed E-state index contributed by atoms with van der Waals surface area (Å²) < 4.78 is 31.2. The highest BCUT2D eigenvalue weighted by atomic mass is 19.1. The Morgan fingerprint density at radius 1 is 1.12 bits per heavy atom. The number of pyridine rings is 1. The van der Waals surface area contributed by atoms with Crippen LogP contribution in [0.25, 0.3) is 11.3 Å². The van der Waals surface area contributed by atoms with Gasteiger partial charge in [-0.05, 0) is 18.2 Å². The molecule has 82 valence electrons. The lowest BCUT2D eigenvalue weighted by atomic mass is 10.1. The zero-order valence-electron chi connectivity index (χ0n) is 8.58. The smallest absolute Gasteiger partial charge is 0.135 e. The molecule has 0 bridgehead atoms. The Hall–Kier alpha value is -1.97. The number of halogens is 2. The van der Waals surface area contributed by atoms with E-state index >= 15 is 0 Å². The fourth-order valence-electron chi connectivity index (χ4n) is 1.38. The molecule has 0 aliphatic rings. The zero-order chi connectivity index (χ0) is 11.5. The van der Waals surface area contributed by atoms with Gasteiger partial charge in [0.05, 0.1) is 12.8 Å². The molecule has 0 aliphatic heterocycles. The molecule has 0 atom stereocenters. The summed E-state index contributed by atoms with van der Waals surface area (Å²) in [4.78, 5) is 4.01. The van der Waals surface area contributed by atoms with Gasteiger partial charge in [0.25, 0.3) is 0 Å². The minimum atomic E-state index is -0.638. The Bertz CT molecular complexity index is 514. The summed E-state index contributed by atoms with van der Waals surface area (Å²) in [6.45, 7) is 0. The van der Waals surface area contributed by atoms with Crippen molar-refractivity contribution in [1.29, 1.82) is 0 Å². The van der Waals surface area contributed by atoms with Gasteiger partial charge in [-0.15, -0.1) is 0 Å². The Labute approximate surface area is 91.5 Å². The predicted octanol–water partition coefficient (Wildman–Crippen LogP) is 3.04. The predicted molar refractivity (Wildman–Crippen MR) is 56.1 cm³/mol. The maximum absolute atomic E-state index is 13.5. The number of ether oxygens (including phenoxy) is 1. The topological polar surface area (TPSA) is 22.1 Å². The van der Waals surface area contributed by atoms with Gasteiger partial charge in [-0.3, -0.25) is 4.98 Å². The SMILES string of the molecule is COc1ccnc(-c2ccc(F)cc2F)c1. The highest BCUT2D eigenvalue weighted by molar-refractivity contribution is 5.61. The molecule has 0 radical (unpaired) electrons. The molecule has 0 unspecified atom stereocenters. The van der Waals surface area contributed by atoms with E-state index in [1.165, 1.54) is 25.4 Å². The van der Waals surface area contributed by atoms with Crippen molar-refractivity contribution in [3.63, 3.8) is 0 Å². The quantitative estimate of drug-likeness (QED) is 0.777. The summed E-state index contributed by atoms with van der Waals surface area (Å²) in [7, 11) is 1.51. The highest BCUT2D eigenvalue weighted by Crippen LogP contribution is 2.24. The molecule has 0 amide bonds. The number of aromatic nitrogens is 1. The minimum Gasteiger partial charge on any atom is -0.497 e. The van der Waals surface area contributed by atoms with E-state index in [9.17, 15) is 8.78 Å². The van der Waals surface area contributed by atoms with Crippen molar-refractivity contribution >= 4 is 0 Å². The monoisotopic (exact) mass is 221 g/mol. The Balaban J connectivity index is 2.49. The molecule has 1 aromatic carbocycles. The maximum Gasteiger partial charge on any atom is 0.135 e. The molecule has 0 spiro atoms. The van der Waals surface area contributed by atoms with Crippen LogP contribution in [0.1, 0.15) is 0 Å². The van der Waals surface area contributed by atoms with E-state index in [-0.39, 0.29) is 5.56 Å². The largest absolute Gasteiger partial charge is 0.497 e. The average molecular weight is 221 g/mol. The van der Waals surface area contributed by atoms with Crippen LogP contribution in [0, 0.1) is 11.6 Å². The summed E-state index contributed by atoms with van der Waals surface area (Å²) in [5.74, 6) is -0.668. The summed E-state index contributed by atoms with van der Waals surface area (Å²) >= 11 is 0. The third-order valence-electron chi connectivity index (χ3n) is 2.17. The first kappa shape index (κ1) is 10.5. The van der Waals surface area contributed by atoms with E-state index in [0.29, 0.717) is 11.4 Å². The fourth-order valence-corrected chi connectivity index (χ4v) is 1.38. The zero-order valence-corrected chi connectivity index (χ0v) is 8.58. The van der Waals surface area contributed by atoms with Crippen molar-refractivity contribution in [2.45, 2.75) is 0 Å². The fraction of sp³-hybridized carbons (Fsp3) is 0.0833. The second-order valence-corrected chi connectivity index (χ2v) is 3.21. The van der Waals surface area contributed by atoms with Crippen LogP contribution < -0.4 is 4.74 Å². The molecule has 2 rings (SSSR count). The second kappa shape index (κ2) is 4.26. The van der Waals surface area contributed by atoms with Gasteiger partial charge in [-0.1, -0.05) is 0 Å². The number of nitrogens with zero attached hydrogens (tertiary/aromatic N) is 1. The third kappa shape index (κ3) is 2.00. The van der Waals surface area contributed by atoms with Gasteiger partial charge in [-0.2, -0.15) is 0 Å². The molecule has 2 nitrogen and oxygen atoms in total. The lowest BCUT2D eigenvalue weighted by molar-refractivity contribution is 0.414. The van der Waals surface area contributed by atoms with Gasteiger partial charge in [-0.25, -0.2) is 8.78 Å². The van der Waals surface area contributed by atoms with Crippen molar-refractivity contribution in [3.05, 3.63) is 48.2 Å². The van der Waals surface area contributed by atoms with Crippen molar-refractivity contribution in [3.8, 4) is 17.0 Å². The number of hydrogen-bond acceptors (Lipinski definition) is 2. The molecule has 2 aromatic rings. The van der Waals surface area contributed by atoms with Gasteiger partial charge in [0.15, 0.2) is 0 Å². The molecule has 1 aromatic heterocycles.